The van der Waals surface area contributed by atoms with Crippen molar-refractivity contribution >= 4 is 0 Å². The lowest BCUT2D eigenvalue weighted by Crippen LogP contribution is -2.23. The summed E-state index contributed by atoms with van der Waals surface area (Å²) in [5, 5.41) is 4.27. The van der Waals surface area contributed by atoms with Gasteiger partial charge >= 0.3 is 0 Å². The third-order valence-electron chi connectivity index (χ3n) is 2.50. The van der Waals surface area contributed by atoms with Crippen LogP contribution in [0.15, 0.2) is 6.20 Å². The lowest BCUT2D eigenvalue weighted by atomic mass is 10.0. The molecule has 72 valence electrons. The van der Waals surface area contributed by atoms with Gasteiger partial charge < -0.3 is 10.5 Å². The van der Waals surface area contributed by atoms with E-state index in [1.165, 1.54) is 0 Å². The van der Waals surface area contributed by atoms with Crippen LogP contribution in [-0.4, -0.2) is 22.4 Å². The molecule has 4 nitrogen and oxygen atoms in total. The van der Waals surface area contributed by atoms with Crippen molar-refractivity contribution in [3.63, 3.8) is 0 Å². The molecule has 13 heavy (non-hydrogen) atoms. The van der Waals surface area contributed by atoms with E-state index in [-0.39, 0.29) is 12.1 Å². The lowest BCUT2D eigenvalue weighted by Gasteiger charge is -2.12. The smallest absolute Gasteiger partial charge is 0.101 e. The van der Waals surface area contributed by atoms with Crippen LogP contribution in [0.2, 0.25) is 0 Å². The number of hydrogen-bond acceptors (Lipinski definition) is 3. The number of aryl methyl sites for hydroxylation is 2. The number of nitrogens with two attached hydrogens (primary N) is 1. The molecule has 1 fully saturated rings. The molecule has 1 aliphatic rings. The first-order chi connectivity index (χ1) is 6.18. The Morgan fingerprint density at radius 3 is 2.92 bits per heavy atom. The lowest BCUT2D eigenvalue weighted by molar-refractivity contribution is 0.104. The second-order valence-electron chi connectivity index (χ2n) is 3.59. The van der Waals surface area contributed by atoms with Crippen LogP contribution in [0.1, 0.15) is 23.8 Å². The Hall–Kier alpha value is -0.870. The van der Waals surface area contributed by atoms with Crippen LogP contribution in [0.4, 0.5) is 0 Å². The molecule has 0 radical (unpaired) electrons. The number of nitrogens with zero attached hydrogens (tertiary/aromatic N) is 2. The molecule has 1 aromatic heterocycles. The third kappa shape index (κ3) is 1.47. The first-order valence-corrected chi connectivity index (χ1v) is 4.56. The molecule has 4 heteroatoms. The first-order valence-electron chi connectivity index (χ1n) is 4.56. The van der Waals surface area contributed by atoms with Crippen LogP contribution in [0.5, 0.6) is 0 Å². The summed E-state index contributed by atoms with van der Waals surface area (Å²) < 4.78 is 7.37. The highest BCUT2D eigenvalue weighted by atomic mass is 16.5. The molecule has 1 aliphatic heterocycles. The maximum atomic E-state index is 5.93. The minimum Gasteiger partial charge on any atom is -0.372 e. The summed E-state index contributed by atoms with van der Waals surface area (Å²) in [6.45, 7) is 2.75. The van der Waals surface area contributed by atoms with Crippen molar-refractivity contribution in [1.82, 2.24) is 9.78 Å². The molecule has 1 aromatic rings. The summed E-state index contributed by atoms with van der Waals surface area (Å²) >= 11 is 0. The topological polar surface area (TPSA) is 53.1 Å². The summed E-state index contributed by atoms with van der Waals surface area (Å²) in [6.07, 6.45) is 2.98. The van der Waals surface area contributed by atoms with E-state index >= 15 is 0 Å². The monoisotopic (exact) mass is 181 g/mol. The van der Waals surface area contributed by atoms with Crippen LogP contribution in [0.3, 0.4) is 0 Å². The zero-order valence-electron chi connectivity index (χ0n) is 8.03. The van der Waals surface area contributed by atoms with Gasteiger partial charge in [-0.1, -0.05) is 0 Å². The molecule has 0 saturated carbocycles. The van der Waals surface area contributed by atoms with Gasteiger partial charge in [-0.25, -0.2) is 0 Å². The Bertz CT molecular complexity index is 308. The van der Waals surface area contributed by atoms with Crippen molar-refractivity contribution in [3.8, 4) is 0 Å². The highest BCUT2D eigenvalue weighted by Crippen LogP contribution is 2.29. The highest BCUT2D eigenvalue weighted by Gasteiger charge is 2.28. The average Bonchev–Trinajstić information content (AvgIpc) is 2.58. The Kier molecular flexibility index (Phi) is 2.09. The van der Waals surface area contributed by atoms with E-state index in [0.29, 0.717) is 0 Å². The zero-order chi connectivity index (χ0) is 9.42. The summed E-state index contributed by atoms with van der Waals surface area (Å²) in [7, 11) is 1.91. The molecular formula is C9H15N3O. The zero-order valence-corrected chi connectivity index (χ0v) is 8.03. The molecular weight excluding hydrogens is 166 g/mol. The average molecular weight is 181 g/mol. The molecule has 0 amide bonds. The number of rotatable bonds is 1. The molecule has 2 rings (SSSR count). The van der Waals surface area contributed by atoms with Crippen molar-refractivity contribution in [2.24, 2.45) is 12.8 Å². The Morgan fingerprint density at radius 2 is 2.46 bits per heavy atom. The number of hydrogen-bond donors (Lipinski definition) is 1. The fourth-order valence-corrected chi connectivity index (χ4v) is 1.82. The molecule has 2 atom stereocenters. The van der Waals surface area contributed by atoms with Gasteiger partial charge in [0.2, 0.25) is 0 Å². The molecule has 0 aromatic carbocycles. The number of aromatic nitrogens is 2. The van der Waals surface area contributed by atoms with Gasteiger partial charge in [0.05, 0.1) is 5.69 Å². The first kappa shape index (κ1) is 8.72. The largest absolute Gasteiger partial charge is 0.372 e. The van der Waals surface area contributed by atoms with Crippen molar-refractivity contribution in [2.45, 2.75) is 25.5 Å². The van der Waals surface area contributed by atoms with E-state index in [1.54, 1.807) is 4.68 Å². The van der Waals surface area contributed by atoms with E-state index in [4.69, 9.17) is 10.5 Å². The normalized spacial score (nSPS) is 28.2. The second-order valence-corrected chi connectivity index (χ2v) is 3.59. The van der Waals surface area contributed by atoms with Crippen LogP contribution in [0.25, 0.3) is 0 Å². The van der Waals surface area contributed by atoms with Crippen molar-refractivity contribution in [1.29, 1.82) is 0 Å². The Morgan fingerprint density at radius 1 is 1.69 bits per heavy atom. The van der Waals surface area contributed by atoms with Gasteiger partial charge in [-0.15, -0.1) is 0 Å². The minimum absolute atomic E-state index is 0.0497. The van der Waals surface area contributed by atoms with E-state index in [2.05, 4.69) is 5.10 Å². The van der Waals surface area contributed by atoms with Crippen molar-refractivity contribution in [3.05, 3.63) is 17.5 Å². The molecule has 0 aliphatic carbocycles. The summed E-state index contributed by atoms with van der Waals surface area (Å²) in [5.41, 5.74) is 8.08. The maximum Gasteiger partial charge on any atom is 0.101 e. The van der Waals surface area contributed by atoms with Gasteiger partial charge in [-0.3, -0.25) is 4.68 Å². The quantitative estimate of drug-likeness (QED) is 0.687. The summed E-state index contributed by atoms with van der Waals surface area (Å²) in [6, 6.07) is 0.128. The second kappa shape index (κ2) is 3.12. The molecule has 0 spiro atoms. The van der Waals surface area contributed by atoms with E-state index < -0.39 is 0 Å². The van der Waals surface area contributed by atoms with Crippen LogP contribution in [0, 0.1) is 6.92 Å². The van der Waals surface area contributed by atoms with E-state index in [0.717, 1.165) is 24.3 Å². The standard InChI is InChI=1S/C9H15N3O/c1-6-7(5-12(2)11-6)9-8(10)3-4-13-9/h5,8-9H,3-4,10H2,1-2H3/t8-,9+/m1/s1. The van der Waals surface area contributed by atoms with Gasteiger partial charge in [0.25, 0.3) is 0 Å². The van der Waals surface area contributed by atoms with Crippen molar-refractivity contribution < 1.29 is 4.74 Å². The minimum atomic E-state index is 0.0497. The molecule has 1 saturated heterocycles. The molecule has 0 unspecified atom stereocenters. The molecule has 0 bridgehead atoms. The van der Waals surface area contributed by atoms with Gasteiger partial charge in [-0.05, 0) is 13.3 Å². The van der Waals surface area contributed by atoms with E-state index in [9.17, 15) is 0 Å². The summed E-state index contributed by atoms with van der Waals surface area (Å²) in [5.74, 6) is 0. The van der Waals surface area contributed by atoms with Gasteiger partial charge in [0.15, 0.2) is 0 Å². The Balaban J connectivity index is 2.28. The predicted octanol–water partition coefficient (Wildman–Crippen LogP) is 0.517. The van der Waals surface area contributed by atoms with Crippen LogP contribution < -0.4 is 5.73 Å². The number of ether oxygens (including phenoxy) is 1. The fraction of sp³-hybridized carbons (Fsp3) is 0.667. The molecule has 2 heterocycles. The van der Waals surface area contributed by atoms with Gasteiger partial charge in [-0.2, -0.15) is 5.10 Å². The molecule has 2 N–H and O–H groups in total. The third-order valence-corrected chi connectivity index (χ3v) is 2.50. The fourth-order valence-electron chi connectivity index (χ4n) is 1.82. The van der Waals surface area contributed by atoms with E-state index in [1.807, 2.05) is 20.2 Å². The summed E-state index contributed by atoms with van der Waals surface area (Å²) in [4.78, 5) is 0. The predicted molar refractivity (Wildman–Crippen MR) is 49.2 cm³/mol. The SMILES string of the molecule is Cc1nn(C)cc1[C@@H]1OCC[C@H]1N. The maximum absolute atomic E-state index is 5.93. The van der Waals surface area contributed by atoms with Gasteiger partial charge in [0.1, 0.15) is 6.10 Å². The van der Waals surface area contributed by atoms with Crippen LogP contribution >= 0.6 is 0 Å². The van der Waals surface area contributed by atoms with Crippen molar-refractivity contribution in [2.75, 3.05) is 6.61 Å². The highest BCUT2D eigenvalue weighted by molar-refractivity contribution is 5.21. The Labute approximate surface area is 77.7 Å². The van der Waals surface area contributed by atoms with Gasteiger partial charge in [0, 0.05) is 31.5 Å². The van der Waals surface area contributed by atoms with Crippen LogP contribution in [-0.2, 0) is 11.8 Å².